The van der Waals surface area contributed by atoms with Crippen LogP contribution in [0.1, 0.15) is 115 Å². The molecular weight excluding hydrogens is 489 g/mol. The molecule has 0 aromatic heterocycles. The van der Waals surface area contributed by atoms with Crippen LogP contribution in [0, 0.1) is 17.5 Å². The molecule has 212 valence electrons. The van der Waals surface area contributed by atoms with E-state index in [1.54, 1.807) is 12.1 Å². The summed E-state index contributed by atoms with van der Waals surface area (Å²) in [6.45, 7) is 4.44. The molecule has 0 atom stereocenters. The lowest BCUT2D eigenvalue weighted by Gasteiger charge is -2.12. The van der Waals surface area contributed by atoms with Crippen molar-refractivity contribution < 1.29 is 13.2 Å². The number of rotatable bonds is 18. The maximum absolute atomic E-state index is 15.1. The third-order valence-electron chi connectivity index (χ3n) is 7.81. The number of halogens is 3. The minimum Gasteiger partial charge on any atom is -0.206 e. The van der Waals surface area contributed by atoms with Gasteiger partial charge in [-0.05, 0) is 48.4 Å². The molecule has 0 saturated carbocycles. The van der Waals surface area contributed by atoms with Crippen LogP contribution in [0.25, 0.3) is 22.3 Å². The van der Waals surface area contributed by atoms with E-state index < -0.39 is 17.5 Å². The van der Waals surface area contributed by atoms with Crippen LogP contribution >= 0.6 is 0 Å². The van der Waals surface area contributed by atoms with E-state index in [1.165, 1.54) is 88.3 Å². The van der Waals surface area contributed by atoms with E-state index in [4.69, 9.17) is 0 Å². The van der Waals surface area contributed by atoms with Crippen LogP contribution in [-0.2, 0) is 12.8 Å². The fourth-order valence-electron chi connectivity index (χ4n) is 5.34. The van der Waals surface area contributed by atoms with Crippen molar-refractivity contribution in [1.29, 1.82) is 0 Å². The average Bonchev–Trinajstić information content (AvgIpc) is 2.94. The van der Waals surface area contributed by atoms with Crippen molar-refractivity contribution in [2.24, 2.45) is 0 Å². The molecule has 0 saturated heterocycles. The van der Waals surface area contributed by atoms with Crippen molar-refractivity contribution in [2.45, 2.75) is 117 Å². The van der Waals surface area contributed by atoms with Crippen molar-refractivity contribution in [3.05, 3.63) is 83.2 Å². The topological polar surface area (TPSA) is 0 Å². The van der Waals surface area contributed by atoms with Gasteiger partial charge in [-0.2, -0.15) is 0 Å². The number of unbranched alkanes of at least 4 members (excludes halogenated alkanes) is 12. The zero-order valence-corrected chi connectivity index (χ0v) is 24.1. The minimum absolute atomic E-state index is 0.0354. The molecule has 3 aromatic rings. The first-order valence-corrected chi connectivity index (χ1v) is 15.4. The number of hydrogen-bond donors (Lipinski definition) is 0. The quantitative estimate of drug-likeness (QED) is 0.142. The smallest absolute Gasteiger partial charge is 0.167 e. The van der Waals surface area contributed by atoms with Crippen molar-refractivity contribution in [2.75, 3.05) is 0 Å². The first kappa shape index (κ1) is 31.0. The van der Waals surface area contributed by atoms with Gasteiger partial charge >= 0.3 is 0 Å². The molecule has 3 aromatic carbocycles. The summed E-state index contributed by atoms with van der Waals surface area (Å²) < 4.78 is 45.2. The highest BCUT2D eigenvalue weighted by Gasteiger charge is 2.18. The molecule has 0 spiro atoms. The van der Waals surface area contributed by atoms with E-state index in [0.29, 0.717) is 5.56 Å². The molecule has 0 fully saturated rings. The highest BCUT2D eigenvalue weighted by molar-refractivity contribution is 5.72. The van der Waals surface area contributed by atoms with Gasteiger partial charge in [0, 0.05) is 16.7 Å². The molecule has 3 heteroatoms. The largest absolute Gasteiger partial charge is 0.206 e. The van der Waals surface area contributed by atoms with Crippen molar-refractivity contribution >= 4 is 0 Å². The zero-order valence-electron chi connectivity index (χ0n) is 24.1. The predicted octanol–water partition coefficient (Wildman–Crippen LogP) is 12.0. The third kappa shape index (κ3) is 9.85. The van der Waals surface area contributed by atoms with Gasteiger partial charge in [0.2, 0.25) is 0 Å². The Bertz CT molecular complexity index is 1120. The van der Waals surface area contributed by atoms with Gasteiger partial charge < -0.3 is 0 Å². The molecule has 0 amide bonds. The summed E-state index contributed by atoms with van der Waals surface area (Å²) in [4.78, 5) is 0. The first-order valence-electron chi connectivity index (χ1n) is 15.4. The second-order valence-electron chi connectivity index (χ2n) is 11.0. The molecular formula is C36H47F3. The molecule has 3 rings (SSSR count). The zero-order chi connectivity index (χ0) is 27.9. The van der Waals surface area contributed by atoms with Crippen LogP contribution < -0.4 is 0 Å². The Labute approximate surface area is 235 Å². The average molecular weight is 537 g/mol. The lowest BCUT2D eigenvalue weighted by atomic mass is 9.96. The van der Waals surface area contributed by atoms with E-state index in [1.807, 2.05) is 30.3 Å². The van der Waals surface area contributed by atoms with E-state index in [-0.39, 0.29) is 16.7 Å². The molecule has 0 bridgehead atoms. The van der Waals surface area contributed by atoms with Crippen molar-refractivity contribution in [3.63, 3.8) is 0 Å². The van der Waals surface area contributed by atoms with E-state index in [9.17, 15) is 4.39 Å². The minimum atomic E-state index is -1.00. The molecule has 0 N–H and O–H groups in total. The Morgan fingerprint density at radius 3 is 1.44 bits per heavy atom. The summed E-state index contributed by atoms with van der Waals surface area (Å²) in [5, 5.41) is 0. The van der Waals surface area contributed by atoms with Crippen LogP contribution in [-0.4, -0.2) is 0 Å². The van der Waals surface area contributed by atoms with Crippen LogP contribution in [0.15, 0.2) is 54.6 Å². The van der Waals surface area contributed by atoms with Crippen LogP contribution in [0.3, 0.4) is 0 Å². The first-order chi connectivity index (χ1) is 19.0. The van der Waals surface area contributed by atoms with Gasteiger partial charge in [-0.15, -0.1) is 0 Å². The lowest BCUT2D eigenvalue weighted by molar-refractivity contribution is 0.512. The second-order valence-corrected chi connectivity index (χ2v) is 11.0. The second kappa shape index (κ2) is 17.2. The molecule has 0 aliphatic heterocycles. The summed E-state index contributed by atoms with van der Waals surface area (Å²) >= 11 is 0. The molecule has 0 radical (unpaired) electrons. The Hall–Kier alpha value is -2.55. The number of benzene rings is 3. The monoisotopic (exact) mass is 536 g/mol. The highest BCUT2D eigenvalue weighted by atomic mass is 19.2. The fourth-order valence-corrected chi connectivity index (χ4v) is 5.34. The molecule has 0 aliphatic carbocycles. The van der Waals surface area contributed by atoms with E-state index in [0.717, 1.165) is 37.7 Å². The lowest BCUT2D eigenvalue weighted by Crippen LogP contribution is -1.97. The molecule has 0 unspecified atom stereocenters. The number of hydrogen-bond acceptors (Lipinski definition) is 0. The van der Waals surface area contributed by atoms with Gasteiger partial charge in [-0.25, -0.2) is 13.2 Å². The Balaban J connectivity index is 1.57. The summed E-state index contributed by atoms with van der Waals surface area (Å²) in [5.41, 5.74) is 3.02. The van der Waals surface area contributed by atoms with Gasteiger partial charge in [0.15, 0.2) is 11.6 Å². The summed E-state index contributed by atoms with van der Waals surface area (Å²) in [7, 11) is 0. The van der Waals surface area contributed by atoms with E-state index >= 15 is 8.78 Å². The van der Waals surface area contributed by atoms with Crippen LogP contribution in [0.2, 0.25) is 0 Å². The van der Waals surface area contributed by atoms with E-state index in [2.05, 4.69) is 13.8 Å². The summed E-state index contributed by atoms with van der Waals surface area (Å²) in [6.07, 6.45) is 19.1. The maximum Gasteiger partial charge on any atom is 0.167 e. The van der Waals surface area contributed by atoms with Crippen molar-refractivity contribution in [3.8, 4) is 22.3 Å². The van der Waals surface area contributed by atoms with Gasteiger partial charge in [0.05, 0.1) is 0 Å². The van der Waals surface area contributed by atoms with Gasteiger partial charge in [0.25, 0.3) is 0 Å². The Morgan fingerprint density at radius 1 is 0.436 bits per heavy atom. The SMILES string of the molecule is CCCCCCCCCc1ccc(-c2ccc(-c3ccc(CCCCCCCCC)cc3F)c(F)c2F)cc1. The Morgan fingerprint density at radius 2 is 0.872 bits per heavy atom. The predicted molar refractivity (Wildman–Crippen MR) is 161 cm³/mol. The highest BCUT2D eigenvalue weighted by Crippen LogP contribution is 2.33. The standard InChI is InChI=1S/C36H47F3/c1-3-5-7-9-11-13-15-17-28-19-22-30(23-20-28)31-25-26-33(36(39)35(31)38)32-24-21-29(27-34(32)37)18-16-14-12-10-8-6-4-2/h19-27H,3-18H2,1-2H3. The summed E-state index contributed by atoms with van der Waals surface area (Å²) in [5.74, 6) is -2.44. The van der Waals surface area contributed by atoms with Gasteiger partial charge in [-0.1, -0.05) is 139 Å². The number of aryl methyl sites for hydroxylation is 2. The Kier molecular flexibility index (Phi) is 13.7. The van der Waals surface area contributed by atoms with Gasteiger partial charge in [-0.3, -0.25) is 0 Å². The molecule has 0 aliphatic rings. The van der Waals surface area contributed by atoms with Crippen molar-refractivity contribution in [1.82, 2.24) is 0 Å². The molecule has 0 nitrogen and oxygen atoms in total. The molecule has 39 heavy (non-hydrogen) atoms. The van der Waals surface area contributed by atoms with Crippen LogP contribution in [0.5, 0.6) is 0 Å². The maximum atomic E-state index is 15.1. The summed E-state index contributed by atoms with van der Waals surface area (Å²) in [6, 6.07) is 15.7. The molecule has 0 heterocycles. The normalized spacial score (nSPS) is 11.3. The third-order valence-corrected chi connectivity index (χ3v) is 7.81. The fraction of sp³-hybridized carbons (Fsp3) is 0.500. The van der Waals surface area contributed by atoms with Gasteiger partial charge in [0.1, 0.15) is 5.82 Å². The van der Waals surface area contributed by atoms with Crippen LogP contribution in [0.4, 0.5) is 13.2 Å².